The lowest BCUT2D eigenvalue weighted by molar-refractivity contribution is -0.111. The number of H-pyrrole nitrogens is 1. The first-order valence-electron chi connectivity index (χ1n) is 9.39. The lowest BCUT2D eigenvalue weighted by Gasteiger charge is -2.13. The van der Waals surface area contributed by atoms with Gasteiger partial charge in [0.2, 0.25) is 5.91 Å². The Morgan fingerprint density at radius 3 is 2.67 bits per heavy atom. The molecule has 0 unspecified atom stereocenters. The summed E-state index contributed by atoms with van der Waals surface area (Å²) in [6, 6.07) is 15.1. The number of aromatic amines is 1. The van der Waals surface area contributed by atoms with Gasteiger partial charge in [-0.3, -0.25) is 14.6 Å². The molecule has 0 saturated carbocycles. The van der Waals surface area contributed by atoms with Crippen LogP contribution in [-0.4, -0.2) is 21.8 Å². The molecule has 6 nitrogen and oxygen atoms in total. The zero-order valence-electron chi connectivity index (χ0n) is 16.4. The maximum absolute atomic E-state index is 12.0. The van der Waals surface area contributed by atoms with E-state index in [0.717, 1.165) is 33.3 Å². The fourth-order valence-electron chi connectivity index (χ4n) is 3.58. The van der Waals surface area contributed by atoms with E-state index < -0.39 is 5.91 Å². The second kappa shape index (κ2) is 7.67. The molecule has 4 aromatic rings. The van der Waals surface area contributed by atoms with Crippen LogP contribution in [0.2, 0.25) is 0 Å². The SMILES string of the molecule is C=CC(=O)Nc1cccc(-c2ccc(C(N)=O)c3[nH]c(-c4cccnc4)cc23)c1C. The fraction of sp³-hybridized carbons (Fsp3) is 0.0417. The Bertz CT molecular complexity index is 1290. The molecule has 4 N–H and O–H groups in total. The number of aromatic nitrogens is 2. The number of pyridine rings is 1. The number of primary amides is 1. The number of hydrogen-bond acceptors (Lipinski definition) is 3. The van der Waals surface area contributed by atoms with E-state index in [2.05, 4.69) is 21.9 Å². The Morgan fingerprint density at radius 2 is 1.97 bits per heavy atom. The molecule has 2 aromatic carbocycles. The predicted molar refractivity (Wildman–Crippen MR) is 119 cm³/mol. The first-order valence-corrected chi connectivity index (χ1v) is 9.39. The highest BCUT2D eigenvalue weighted by Crippen LogP contribution is 2.37. The number of nitrogens with two attached hydrogens (primary N) is 1. The van der Waals surface area contributed by atoms with E-state index in [1.165, 1.54) is 6.08 Å². The van der Waals surface area contributed by atoms with Gasteiger partial charge in [-0.15, -0.1) is 0 Å². The van der Waals surface area contributed by atoms with Crippen LogP contribution in [0.15, 0.2) is 73.6 Å². The quantitative estimate of drug-likeness (QED) is 0.435. The monoisotopic (exact) mass is 396 g/mol. The van der Waals surface area contributed by atoms with Gasteiger partial charge in [0, 0.05) is 34.7 Å². The number of rotatable bonds is 5. The molecule has 0 aliphatic carbocycles. The van der Waals surface area contributed by atoms with Crippen LogP contribution in [0.4, 0.5) is 5.69 Å². The molecule has 0 aliphatic heterocycles. The van der Waals surface area contributed by atoms with Crippen molar-refractivity contribution < 1.29 is 9.59 Å². The molecule has 148 valence electrons. The highest BCUT2D eigenvalue weighted by molar-refractivity contribution is 6.11. The average Bonchev–Trinajstić information content (AvgIpc) is 3.20. The third-order valence-corrected chi connectivity index (χ3v) is 5.10. The first-order chi connectivity index (χ1) is 14.5. The molecule has 0 atom stereocenters. The van der Waals surface area contributed by atoms with Gasteiger partial charge in [0.25, 0.3) is 5.91 Å². The number of nitrogens with zero attached hydrogens (tertiary/aromatic N) is 1. The Balaban J connectivity index is 1.94. The summed E-state index contributed by atoms with van der Waals surface area (Å²) in [7, 11) is 0. The maximum Gasteiger partial charge on any atom is 0.250 e. The second-order valence-electron chi connectivity index (χ2n) is 6.91. The highest BCUT2D eigenvalue weighted by atomic mass is 16.1. The predicted octanol–water partition coefficient (Wildman–Crippen LogP) is 4.43. The van der Waals surface area contributed by atoms with Gasteiger partial charge in [-0.05, 0) is 60.0 Å². The molecule has 4 rings (SSSR count). The average molecular weight is 396 g/mol. The van der Waals surface area contributed by atoms with Crippen LogP contribution in [0, 0.1) is 6.92 Å². The summed E-state index contributed by atoms with van der Waals surface area (Å²) in [5.41, 5.74) is 11.9. The number of anilines is 1. The van der Waals surface area contributed by atoms with Crippen molar-refractivity contribution in [2.24, 2.45) is 5.73 Å². The summed E-state index contributed by atoms with van der Waals surface area (Å²) in [5.74, 6) is -0.778. The van der Waals surface area contributed by atoms with E-state index in [9.17, 15) is 9.59 Å². The number of carbonyl (C=O) groups is 2. The highest BCUT2D eigenvalue weighted by Gasteiger charge is 2.17. The minimum Gasteiger partial charge on any atom is -0.366 e. The van der Waals surface area contributed by atoms with Crippen molar-refractivity contribution in [1.82, 2.24) is 9.97 Å². The number of benzene rings is 2. The summed E-state index contributed by atoms with van der Waals surface area (Å²) in [4.78, 5) is 31.3. The lowest BCUT2D eigenvalue weighted by atomic mass is 9.94. The van der Waals surface area contributed by atoms with E-state index >= 15 is 0 Å². The number of fused-ring (bicyclic) bond motifs is 1. The summed E-state index contributed by atoms with van der Waals surface area (Å²) in [5, 5.41) is 3.69. The molecule has 2 heterocycles. The number of carbonyl (C=O) groups excluding carboxylic acids is 2. The van der Waals surface area contributed by atoms with E-state index in [-0.39, 0.29) is 5.91 Å². The molecule has 0 bridgehead atoms. The van der Waals surface area contributed by atoms with Crippen molar-refractivity contribution in [2.45, 2.75) is 6.92 Å². The molecule has 6 heteroatoms. The van der Waals surface area contributed by atoms with Crippen molar-refractivity contribution >= 4 is 28.4 Å². The van der Waals surface area contributed by atoms with Gasteiger partial charge in [0.05, 0.1) is 11.1 Å². The van der Waals surface area contributed by atoms with Crippen molar-refractivity contribution in [2.75, 3.05) is 5.32 Å². The molecule has 2 amide bonds. The van der Waals surface area contributed by atoms with Crippen LogP contribution in [-0.2, 0) is 4.79 Å². The third-order valence-electron chi connectivity index (χ3n) is 5.10. The summed E-state index contributed by atoms with van der Waals surface area (Å²) in [6.07, 6.45) is 4.70. The molecule has 0 radical (unpaired) electrons. The molecular weight excluding hydrogens is 376 g/mol. The van der Waals surface area contributed by atoms with Gasteiger partial charge < -0.3 is 16.0 Å². The third kappa shape index (κ3) is 3.35. The summed E-state index contributed by atoms with van der Waals surface area (Å²) < 4.78 is 0. The number of amides is 2. The second-order valence-corrected chi connectivity index (χ2v) is 6.91. The zero-order valence-corrected chi connectivity index (χ0v) is 16.4. The Kier molecular flexibility index (Phi) is 4.90. The molecule has 0 aliphatic rings. The standard InChI is InChI=1S/C24H20N4O2/c1-3-22(29)27-20-8-4-7-16(14(20)2)17-9-10-18(24(25)30)23-19(17)12-21(28-23)15-6-5-11-26-13-15/h3-13,28H,1H2,2H3,(H2,25,30)(H,27,29). The Morgan fingerprint density at radius 1 is 1.13 bits per heavy atom. The number of hydrogen-bond donors (Lipinski definition) is 3. The van der Waals surface area contributed by atoms with E-state index in [4.69, 9.17) is 5.73 Å². The van der Waals surface area contributed by atoms with Crippen LogP contribution in [0.5, 0.6) is 0 Å². The van der Waals surface area contributed by atoms with Crippen LogP contribution in [0.3, 0.4) is 0 Å². The van der Waals surface area contributed by atoms with Crippen LogP contribution >= 0.6 is 0 Å². The largest absolute Gasteiger partial charge is 0.366 e. The van der Waals surface area contributed by atoms with E-state index in [1.54, 1.807) is 18.5 Å². The molecule has 0 saturated heterocycles. The van der Waals surface area contributed by atoms with Gasteiger partial charge in [0.1, 0.15) is 0 Å². The van der Waals surface area contributed by atoms with Crippen molar-refractivity contribution in [3.63, 3.8) is 0 Å². The fourth-order valence-corrected chi connectivity index (χ4v) is 3.58. The van der Waals surface area contributed by atoms with Gasteiger partial charge in [-0.1, -0.05) is 24.8 Å². The van der Waals surface area contributed by atoms with Crippen LogP contribution in [0.1, 0.15) is 15.9 Å². The number of nitrogens with one attached hydrogen (secondary N) is 2. The van der Waals surface area contributed by atoms with Crippen LogP contribution < -0.4 is 11.1 Å². The lowest BCUT2D eigenvalue weighted by Crippen LogP contribution is -2.11. The topological polar surface area (TPSA) is 101 Å². The minimum absolute atomic E-state index is 0.273. The van der Waals surface area contributed by atoms with Gasteiger partial charge in [-0.2, -0.15) is 0 Å². The van der Waals surface area contributed by atoms with Crippen molar-refractivity contribution in [3.05, 3.63) is 84.7 Å². The van der Waals surface area contributed by atoms with E-state index in [1.807, 2.05) is 49.4 Å². The molecule has 0 spiro atoms. The Labute approximate surface area is 173 Å². The minimum atomic E-state index is -0.505. The molecular formula is C24H20N4O2. The van der Waals surface area contributed by atoms with Gasteiger partial charge in [-0.25, -0.2) is 0 Å². The molecule has 2 aromatic heterocycles. The van der Waals surface area contributed by atoms with E-state index in [0.29, 0.717) is 16.8 Å². The van der Waals surface area contributed by atoms with Gasteiger partial charge >= 0.3 is 0 Å². The maximum atomic E-state index is 12.0. The zero-order chi connectivity index (χ0) is 21.3. The first kappa shape index (κ1) is 19.1. The van der Waals surface area contributed by atoms with Crippen molar-refractivity contribution in [1.29, 1.82) is 0 Å². The van der Waals surface area contributed by atoms with Crippen LogP contribution in [0.25, 0.3) is 33.3 Å². The summed E-state index contributed by atoms with van der Waals surface area (Å²) >= 11 is 0. The van der Waals surface area contributed by atoms with Crippen molar-refractivity contribution in [3.8, 4) is 22.4 Å². The smallest absolute Gasteiger partial charge is 0.250 e. The Hall–Kier alpha value is -4.19. The summed E-state index contributed by atoms with van der Waals surface area (Å²) in [6.45, 7) is 5.44. The van der Waals surface area contributed by atoms with Gasteiger partial charge in [0.15, 0.2) is 0 Å². The molecule has 30 heavy (non-hydrogen) atoms. The normalized spacial score (nSPS) is 10.7. The molecule has 0 fully saturated rings.